The van der Waals surface area contributed by atoms with Gasteiger partial charge in [-0.05, 0) is 62.3 Å². The number of nitrogens with zero attached hydrogens (tertiary/aromatic N) is 2. The molecule has 0 fully saturated rings. The highest BCUT2D eigenvalue weighted by Gasteiger charge is 2.44. The van der Waals surface area contributed by atoms with Gasteiger partial charge in [-0.15, -0.1) is 0 Å². The average molecular weight is 541 g/mol. The minimum Gasteiger partial charge on any atom is -0.343 e. The highest BCUT2D eigenvalue weighted by Crippen LogP contribution is 2.51. The fourth-order valence-corrected chi connectivity index (χ4v) is 7.48. The number of para-hydroxylation sites is 1. The molecule has 0 saturated heterocycles. The molecule has 4 aromatic rings. The molecule has 4 heteroatoms. The maximum atomic E-state index is 13.9. The molecule has 3 aliphatic rings. The molecule has 7 rings (SSSR count). The molecule has 0 saturated carbocycles. The first-order valence-corrected chi connectivity index (χ1v) is 15.0. The van der Waals surface area contributed by atoms with E-state index in [4.69, 9.17) is 0 Å². The zero-order valence-corrected chi connectivity index (χ0v) is 24.0. The van der Waals surface area contributed by atoms with Gasteiger partial charge in [-0.2, -0.15) is 0 Å². The van der Waals surface area contributed by atoms with Gasteiger partial charge >= 0.3 is 0 Å². The first-order valence-electron chi connectivity index (χ1n) is 15.0. The zero-order chi connectivity index (χ0) is 28.1. The number of ketones is 2. The lowest BCUT2D eigenvalue weighted by molar-refractivity contribution is -0.117. The van der Waals surface area contributed by atoms with Gasteiger partial charge in [0.1, 0.15) is 0 Å². The number of benzene rings is 3. The number of fused-ring (bicyclic) bond motifs is 1. The molecule has 0 bridgehead atoms. The Morgan fingerprint density at radius 1 is 0.683 bits per heavy atom. The quantitative estimate of drug-likeness (QED) is 0.258. The van der Waals surface area contributed by atoms with Crippen LogP contribution in [0, 0.1) is 13.8 Å². The van der Waals surface area contributed by atoms with E-state index in [1.54, 1.807) is 0 Å². The molecule has 1 aliphatic heterocycles. The summed E-state index contributed by atoms with van der Waals surface area (Å²) in [5.41, 5.74) is 11.2. The number of aromatic nitrogens is 1. The third kappa shape index (κ3) is 4.56. The van der Waals surface area contributed by atoms with Crippen molar-refractivity contribution in [2.24, 2.45) is 0 Å². The fourth-order valence-electron chi connectivity index (χ4n) is 7.48. The number of aryl methyl sites for hydroxylation is 2. The molecule has 3 aromatic carbocycles. The van der Waals surface area contributed by atoms with Crippen molar-refractivity contribution in [3.63, 3.8) is 0 Å². The van der Waals surface area contributed by atoms with Crippen LogP contribution < -0.4 is 0 Å². The summed E-state index contributed by atoms with van der Waals surface area (Å²) >= 11 is 0. The number of hydrogen-bond donors (Lipinski definition) is 0. The lowest BCUT2D eigenvalue weighted by Gasteiger charge is -2.44. The summed E-state index contributed by atoms with van der Waals surface area (Å²) in [6.07, 6.45) is 6.80. The summed E-state index contributed by atoms with van der Waals surface area (Å²) < 4.78 is 2.32. The van der Waals surface area contributed by atoms with Gasteiger partial charge in [0.15, 0.2) is 11.6 Å². The second kappa shape index (κ2) is 10.3. The van der Waals surface area contributed by atoms with E-state index in [1.807, 2.05) is 6.07 Å². The van der Waals surface area contributed by atoms with E-state index in [9.17, 15) is 9.59 Å². The van der Waals surface area contributed by atoms with E-state index in [-0.39, 0.29) is 17.5 Å². The van der Waals surface area contributed by atoms with Crippen LogP contribution in [-0.4, -0.2) is 21.0 Å². The molecule has 2 heterocycles. The number of rotatable bonds is 5. The SMILES string of the molecule is Cc1cc(C)cc(Cn2cc(C3C4=C(CCCC4=O)N(Cc4ccccc4)C4=C3C(=O)CCC4)c3ccccc32)c1. The summed E-state index contributed by atoms with van der Waals surface area (Å²) in [5, 5.41) is 1.13. The van der Waals surface area contributed by atoms with Crippen molar-refractivity contribution in [1.29, 1.82) is 0 Å². The molecule has 1 aromatic heterocycles. The average Bonchev–Trinajstić information content (AvgIpc) is 3.31. The Labute approximate surface area is 242 Å². The topological polar surface area (TPSA) is 42.3 Å². The zero-order valence-electron chi connectivity index (χ0n) is 24.0. The van der Waals surface area contributed by atoms with Crippen molar-refractivity contribution in [2.45, 2.75) is 71.4 Å². The molecule has 2 aliphatic carbocycles. The van der Waals surface area contributed by atoms with Gasteiger partial charge in [0.2, 0.25) is 0 Å². The van der Waals surface area contributed by atoms with E-state index in [1.165, 1.54) is 22.3 Å². The van der Waals surface area contributed by atoms with Crippen LogP contribution in [0.4, 0.5) is 0 Å². The van der Waals surface area contributed by atoms with E-state index in [0.29, 0.717) is 19.4 Å². The van der Waals surface area contributed by atoms with E-state index in [0.717, 1.165) is 71.2 Å². The molecule has 0 spiro atoms. The van der Waals surface area contributed by atoms with Crippen LogP contribution in [0.15, 0.2) is 102 Å². The number of carbonyl (C=O) groups excluding carboxylic acids is 2. The Kier molecular flexibility index (Phi) is 6.50. The Hall–Kier alpha value is -4.18. The second-order valence-electron chi connectivity index (χ2n) is 12.0. The van der Waals surface area contributed by atoms with Crippen molar-refractivity contribution in [3.8, 4) is 0 Å². The molecular weight excluding hydrogens is 504 g/mol. The van der Waals surface area contributed by atoms with Gasteiger partial charge < -0.3 is 9.47 Å². The Balaban J connectivity index is 1.42. The molecule has 0 amide bonds. The highest BCUT2D eigenvalue weighted by molar-refractivity contribution is 6.07. The Morgan fingerprint density at radius 2 is 1.29 bits per heavy atom. The predicted molar refractivity (Wildman–Crippen MR) is 163 cm³/mol. The molecule has 41 heavy (non-hydrogen) atoms. The van der Waals surface area contributed by atoms with Crippen LogP contribution in [0.2, 0.25) is 0 Å². The van der Waals surface area contributed by atoms with Gasteiger partial charge in [-0.25, -0.2) is 0 Å². The van der Waals surface area contributed by atoms with Crippen LogP contribution >= 0.6 is 0 Å². The summed E-state index contributed by atoms with van der Waals surface area (Å²) in [6, 6.07) is 25.6. The predicted octanol–water partition coefficient (Wildman–Crippen LogP) is 7.92. The maximum Gasteiger partial charge on any atom is 0.161 e. The van der Waals surface area contributed by atoms with Crippen LogP contribution in [-0.2, 0) is 22.7 Å². The smallest absolute Gasteiger partial charge is 0.161 e. The first-order chi connectivity index (χ1) is 20.0. The minimum absolute atomic E-state index is 0.199. The third-order valence-corrected chi connectivity index (χ3v) is 9.03. The molecule has 0 atom stereocenters. The van der Waals surface area contributed by atoms with Gasteiger partial charge in [-0.1, -0.05) is 77.9 Å². The molecule has 4 nitrogen and oxygen atoms in total. The van der Waals surface area contributed by atoms with E-state index >= 15 is 0 Å². The Bertz CT molecular complexity index is 1690. The van der Waals surface area contributed by atoms with Crippen molar-refractivity contribution in [3.05, 3.63) is 129 Å². The van der Waals surface area contributed by atoms with Gasteiger partial charge in [0.25, 0.3) is 0 Å². The van der Waals surface area contributed by atoms with Gasteiger partial charge in [-0.3, -0.25) is 9.59 Å². The summed E-state index contributed by atoms with van der Waals surface area (Å²) in [7, 11) is 0. The number of carbonyl (C=O) groups is 2. The maximum absolute atomic E-state index is 13.9. The monoisotopic (exact) mass is 540 g/mol. The molecule has 0 radical (unpaired) electrons. The third-order valence-electron chi connectivity index (χ3n) is 9.03. The van der Waals surface area contributed by atoms with E-state index in [2.05, 4.69) is 96.2 Å². The fraction of sp³-hybridized carbons (Fsp3) is 0.297. The van der Waals surface area contributed by atoms with Crippen LogP contribution in [0.1, 0.15) is 72.3 Å². The molecule has 0 unspecified atom stereocenters. The van der Waals surface area contributed by atoms with Crippen molar-refractivity contribution >= 4 is 22.5 Å². The van der Waals surface area contributed by atoms with Crippen LogP contribution in [0.5, 0.6) is 0 Å². The number of hydrogen-bond acceptors (Lipinski definition) is 3. The summed E-state index contributed by atoms with van der Waals surface area (Å²) in [6.45, 7) is 5.73. The van der Waals surface area contributed by atoms with Crippen molar-refractivity contribution in [2.75, 3.05) is 0 Å². The number of allylic oxidation sites excluding steroid dienone is 4. The standard InChI is InChI=1S/C37H36N2O2/c1-24-18-25(2)20-27(19-24)21-38-23-29(28-12-6-7-13-30(28)38)35-36-31(14-8-16-33(36)40)39(22-26-10-4-3-5-11-26)32-15-9-17-34(41)37(32)35/h3-7,10-13,18-20,23,35H,8-9,14-17,21-22H2,1-2H3. The molecule has 0 N–H and O–H groups in total. The first kappa shape index (κ1) is 25.8. The van der Waals surface area contributed by atoms with Gasteiger partial charge in [0, 0.05) is 71.5 Å². The number of Topliss-reactive ketones (excluding diaryl/α,β-unsaturated/α-hetero) is 2. The largest absolute Gasteiger partial charge is 0.343 e. The normalized spacial score (nSPS) is 17.9. The van der Waals surface area contributed by atoms with Crippen LogP contribution in [0.3, 0.4) is 0 Å². The Morgan fingerprint density at radius 3 is 1.95 bits per heavy atom. The lowest BCUT2D eigenvalue weighted by Crippen LogP contribution is -2.38. The van der Waals surface area contributed by atoms with Crippen molar-refractivity contribution < 1.29 is 9.59 Å². The molecular formula is C37H36N2O2. The minimum atomic E-state index is -0.307. The highest BCUT2D eigenvalue weighted by atomic mass is 16.1. The second-order valence-corrected chi connectivity index (χ2v) is 12.0. The van der Waals surface area contributed by atoms with Crippen LogP contribution in [0.25, 0.3) is 10.9 Å². The van der Waals surface area contributed by atoms with E-state index < -0.39 is 0 Å². The van der Waals surface area contributed by atoms with Gasteiger partial charge in [0.05, 0.1) is 0 Å². The van der Waals surface area contributed by atoms with Crippen molar-refractivity contribution in [1.82, 2.24) is 9.47 Å². The lowest BCUT2D eigenvalue weighted by atomic mass is 9.71. The molecule has 206 valence electrons. The summed E-state index contributed by atoms with van der Waals surface area (Å²) in [5.74, 6) is 0.0915. The summed E-state index contributed by atoms with van der Waals surface area (Å²) in [4.78, 5) is 30.1.